The van der Waals surface area contributed by atoms with Gasteiger partial charge >= 0.3 is 0 Å². The van der Waals surface area contributed by atoms with Crippen LogP contribution in [0.5, 0.6) is 11.5 Å². The molecule has 106 valence electrons. The number of hydrogen-bond acceptors (Lipinski definition) is 3. The summed E-state index contributed by atoms with van der Waals surface area (Å²) in [6, 6.07) is 12.1. The smallest absolute Gasteiger partial charge is 0.171 e. The Balaban J connectivity index is 2.09. The molecule has 4 nitrogen and oxygen atoms in total. The molecule has 0 atom stereocenters. The van der Waals surface area contributed by atoms with Crippen LogP contribution in [-0.2, 0) is 0 Å². The molecule has 0 aliphatic heterocycles. The molecular formula is C16H13FN2O2. The van der Waals surface area contributed by atoms with E-state index in [1.165, 1.54) is 19.2 Å². The highest BCUT2D eigenvalue weighted by atomic mass is 19.1. The number of ether oxygens (including phenoxy) is 1. The second-order valence-corrected chi connectivity index (χ2v) is 4.47. The molecule has 5 heteroatoms. The van der Waals surface area contributed by atoms with Crippen LogP contribution < -0.4 is 4.74 Å². The SMILES string of the molecule is COc1ccc(F)c(-c2nc(-c3ccccc3)c[nH]2)c1O. The number of phenols is 1. The van der Waals surface area contributed by atoms with Crippen LogP contribution in [0.1, 0.15) is 0 Å². The molecule has 1 aromatic heterocycles. The van der Waals surface area contributed by atoms with E-state index in [2.05, 4.69) is 9.97 Å². The van der Waals surface area contributed by atoms with Gasteiger partial charge in [0.2, 0.25) is 0 Å². The second kappa shape index (κ2) is 5.28. The van der Waals surface area contributed by atoms with Crippen LogP contribution in [0.4, 0.5) is 4.39 Å². The second-order valence-electron chi connectivity index (χ2n) is 4.47. The van der Waals surface area contributed by atoms with Crippen molar-refractivity contribution in [2.75, 3.05) is 7.11 Å². The van der Waals surface area contributed by atoms with Gasteiger partial charge < -0.3 is 14.8 Å². The molecule has 0 saturated heterocycles. The van der Waals surface area contributed by atoms with E-state index < -0.39 is 5.82 Å². The fourth-order valence-electron chi connectivity index (χ4n) is 2.14. The number of aromatic amines is 1. The van der Waals surface area contributed by atoms with Crippen molar-refractivity contribution in [1.29, 1.82) is 0 Å². The predicted molar refractivity (Wildman–Crippen MR) is 77.6 cm³/mol. The number of nitrogens with one attached hydrogen (secondary N) is 1. The quantitative estimate of drug-likeness (QED) is 0.772. The van der Waals surface area contributed by atoms with Gasteiger partial charge in [-0.3, -0.25) is 0 Å². The average Bonchev–Trinajstić information content (AvgIpc) is 2.98. The minimum Gasteiger partial charge on any atom is -0.504 e. The number of aromatic nitrogens is 2. The summed E-state index contributed by atoms with van der Waals surface area (Å²) in [5, 5.41) is 10.1. The number of halogens is 1. The van der Waals surface area contributed by atoms with Gasteiger partial charge in [0.15, 0.2) is 11.5 Å². The highest BCUT2D eigenvalue weighted by Gasteiger charge is 2.18. The Labute approximate surface area is 120 Å². The topological polar surface area (TPSA) is 58.1 Å². The van der Waals surface area contributed by atoms with Gasteiger partial charge in [0.05, 0.1) is 18.4 Å². The maximum absolute atomic E-state index is 14.0. The first-order valence-electron chi connectivity index (χ1n) is 6.37. The van der Waals surface area contributed by atoms with E-state index >= 15 is 0 Å². The number of rotatable bonds is 3. The van der Waals surface area contributed by atoms with Crippen LogP contribution in [0, 0.1) is 5.82 Å². The van der Waals surface area contributed by atoms with Crippen LogP contribution in [0.3, 0.4) is 0 Å². The van der Waals surface area contributed by atoms with Gasteiger partial charge in [-0.05, 0) is 12.1 Å². The third-order valence-corrected chi connectivity index (χ3v) is 3.19. The van der Waals surface area contributed by atoms with Crippen molar-refractivity contribution in [3.63, 3.8) is 0 Å². The molecule has 2 aromatic carbocycles. The van der Waals surface area contributed by atoms with Crippen molar-refractivity contribution in [3.8, 4) is 34.1 Å². The Morgan fingerprint density at radius 2 is 1.90 bits per heavy atom. The molecule has 0 fully saturated rings. The predicted octanol–water partition coefficient (Wildman–Crippen LogP) is 3.60. The lowest BCUT2D eigenvalue weighted by molar-refractivity contribution is 0.372. The lowest BCUT2D eigenvalue weighted by Crippen LogP contribution is -1.91. The summed E-state index contributed by atoms with van der Waals surface area (Å²) >= 11 is 0. The fourth-order valence-corrected chi connectivity index (χ4v) is 2.14. The third-order valence-electron chi connectivity index (χ3n) is 3.19. The van der Waals surface area contributed by atoms with Crippen LogP contribution in [0.25, 0.3) is 22.6 Å². The first kappa shape index (κ1) is 13.2. The largest absolute Gasteiger partial charge is 0.504 e. The van der Waals surface area contributed by atoms with Crippen molar-refractivity contribution in [2.24, 2.45) is 0 Å². The van der Waals surface area contributed by atoms with Crippen molar-refractivity contribution in [3.05, 3.63) is 54.5 Å². The molecule has 0 aliphatic carbocycles. The average molecular weight is 284 g/mol. The Kier molecular flexibility index (Phi) is 3.31. The number of phenolic OH excluding ortho intramolecular Hbond substituents is 1. The number of hydrogen-bond donors (Lipinski definition) is 2. The summed E-state index contributed by atoms with van der Waals surface area (Å²) in [5.41, 5.74) is 1.58. The molecule has 0 saturated carbocycles. The maximum atomic E-state index is 14.0. The molecule has 2 N–H and O–H groups in total. The lowest BCUT2D eigenvalue weighted by atomic mass is 10.1. The van der Waals surface area contributed by atoms with Crippen molar-refractivity contribution in [2.45, 2.75) is 0 Å². The van der Waals surface area contributed by atoms with Crippen LogP contribution in [-0.4, -0.2) is 22.2 Å². The van der Waals surface area contributed by atoms with E-state index in [1.807, 2.05) is 30.3 Å². The van der Waals surface area contributed by atoms with Gasteiger partial charge in [0.25, 0.3) is 0 Å². The first-order chi connectivity index (χ1) is 10.2. The Morgan fingerprint density at radius 3 is 2.62 bits per heavy atom. The first-order valence-corrected chi connectivity index (χ1v) is 6.37. The highest BCUT2D eigenvalue weighted by Crippen LogP contribution is 2.38. The van der Waals surface area contributed by atoms with Crippen molar-refractivity contribution >= 4 is 0 Å². The summed E-state index contributed by atoms with van der Waals surface area (Å²) in [6.45, 7) is 0. The van der Waals surface area contributed by atoms with Gasteiger partial charge in [0.1, 0.15) is 11.6 Å². The lowest BCUT2D eigenvalue weighted by Gasteiger charge is -2.07. The molecule has 21 heavy (non-hydrogen) atoms. The highest BCUT2D eigenvalue weighted by molar-refractivity contribution is 5.71. The normalized spacial score (nSPS) is 10.6. The Bertz CT molecular complexity index is 769. The maximum Gasteiger partial charge on any atom is 0.171 e. The summed E-state index contributed by atoms with van der Waals surface area (Å²) in [5.74, 6) is -0.388. The summed E-state index contributed by atoms with van der Waals surface area (Å²) in [4.78, 5) is 7.22. The summed E-state index contributed by atoms with van der Waals surface area (Å²) < 4.78 is 19.0. The molecule has 1 heterocycles. The van der Waals surface area contributed by atoms with E-state index in [0.717, 1.165) is 5.56 Å². The molecule has 0 amide bonds. The van der Waals surface area contributed by atoms with Crippen LogP contribution in [0.2, 0.25) is 0 Å². The monoisotopic (exact) mass is 284 g/mol. The molecule has 0 bridgehead atoms. The zero-order valence-electron chi connectivity index (χ0n) is 11.3. The number of methoxy groups -OCH3 is 1. The zero-order chi connectivity index (χ0) is 14.8. The molecular weight excluding hydrogens is 271 g/mol. The number of benzene rings is 2. The molecule has 3 aromatic rings. The van der Waals surface area contributed by atoms with Crippen LogP contribution in [0.15, 0.2) is 48.7 Å². The van der Waals surface area contributed by atoms with Gasteiger partial charge in [-0.1, -0.05) is 30.3 Å². The Hall–Kier alpha value is -2.82. The molecule has 0 radical (unpaired) electrons. The minimum atomic E-state index is -0.567. The number of H-pyrrole nitrogens is 1. The standard InChI is InChI=1S/C16H13FN2O2/c1-21-13-8-7-11(17)14(15(13)20)16-18-9-12(19-16)10-5-3-2-4-6-10/h2-9,20H,1H3,(H,18,19). The number of aromatic hydroxyl groups is 1. The molecule has 0 spiro atoms. The van der Waals surface area contributed by atoms with E-state index in [-0.39, 0.29) is 22.9 Å². The van der Waals surface area contributed by atoms with Gasteiger partial charge in [0, 0.05) is 11.8 Å². The van der Waals surface area contributed by atoms with Gasteiger partial charge in [-0.15, -0.1) is 0 Å². The Morgan fingerprint density at radius 1 is 1.14 bits per heavy atom. The van der Waals surface area contributed by atoms with E-state index in [0.29, 0.717) is 5.69 Å². The van der Waals surface area contributed by atoms with Gasteiger partial charge in [-0.25, -0.2) is 9.37 Å². The minimum absolute atomic E-state index is 0.00321. The van der Waals surface area contributed by atoms with E-state index in [4.69, 9.17) is 4.74 Å². The third kappa shape index (κ3) is 2.33. The molecule has 0 aliphatic rings. The summed E-state index contributed by atoms with van der Waals surface area (Å²) in [7, 11) is 1.41. The summed E-state index contributed by atoms with van der Waals surface area (Å²) in [6.07, 6.45) is 1.67. The van der Waals surface area contributed by atoms with E-state index in [9.17, 15) is 9.50 Å². The van der Waals surface area contributed by atoms with Crippen molar-refractivity contribution < 1.29 is 14.2 Å². The molecule has 0 unspecified atom stereocenters. The molecule has 3 rings (SSSR count). The van der Waals surface area contributed by atoms with Crippen molar-refractivity contribution in [1.82, 2.24) is 9.97 Å². The van der Waals surface area contributed by atoms with E-state index in [1.54, 1.807) is 6.20 Å². The van der Waals surface area contributed by atoms with Crippen LogP contribution >= 0.6 is 0 Å². The number of imidazole rings is 1. The fraction of sp³-hybridized carbons (Fsp3) is 0.0625. The van der Waals surface area contributed by atoms with Gasteiger partial charge in [-0.2, -0.15) is 0 Å². The number of nitrogens with zero attached hydrogens (tertiary/aromatic N) is 1. The zero-order valence-corrected chi connectivity index (χ0v) is 11.3.